The van der Waals surface area contributed by atoms with Crippen LogP contribution in [0.2, 0.25) is 0 Å². The summed E-state index contributed by atoms with van der Waals surface area (Å²) in [7, 11) is 1.87. The highest BCUT2D eigenvalue weighted by molar-refractivity contribution is 5.78. The molecule has 0 atom stereocenters. The van der Waals surface area contributed by atoms with Gasteiger partial charge in [0.2, 0.25) is 5.91 Å². The van der Waals surface area contributed by atoms with Crippen molar-refractivity contribution in [1.82, 2.24) is 10.2 Å². The monoisotopic (exact) mass is 209 g/mol. The predicted molar refractivity (Wildman–Crippen MR) is 58.1 cm³/mol. The minimum Gasteiger partial charge on any atom is -0.352 e. The van der Waals surface area contributed by atoms with Crippen molar-refractivity contribution in [3.63, 3.8) is 0 Å². The van der Waals surface area contributed by atoms with Gasteiger partial charge in [-0.3, -0.25) is 9.69 Å². The van der Waals surface area contributed by atoms with Crippen LogP contribution in [0.25, 0.3) is 0 Å². The molecule has 0 radical (unpaired) electrons. The van der Waals surface area contributed by atoms with Gasteiger partial charge in [-0.15, -0.1) is 0 Å². The number of nitrogens with one attached hydrogen (secondary N) is 1. The molecule has 4 heteroatoms. The van der Waals surface area contributed by atoms with Crippen molar-refractivity contribution in [2.75, 3.05) is 20.1 Å². The highest BCUT2D eigenvalue weighted by atomic mass is 16.2. The van der Waals surface area contributed by atoms with Crippen LogP contribution in [-0.2, 0) is 4.79 Å². The SMILES string of the molecule is CN(CCC#N)CC(=O)NC1CCCC1. The van der Waals surface area contributed by atoms with Crippen molar-refractivity contribution >= 4 is 5.91 Å². The quantitative estimate of drug-likeness (QED) is 0.731. The fraction of sp³-hybridized carbons (Fsp3) is 0.818. The fourth-order valence-electron chi connectivity index (χ4n) is 1.91. The molecule has 1 aliphatic carbocycles. The van der Waals surface area contributed by atoms with Crippen LogP contribution in [0.3, 0.4) is 0 Å². The first kappa shape index (κ1) is 12.0. The molecule has 1 N–H and O–H groups in total. The number of hydrogen-bond acceptors (Lipinski definition) is 3. The summed E-state index contributed by atoms with van der Waals surface area (Å²) in [5.41, 5.74) is 0. The van der Waals surface area contributed by atoms with Crippen LogP contribution in [0.1, 0.15) is 32.1 Å². The second kappa shape index (κ2) is 6.41. The molecule has 0 aliphatic heterocycles. The number of amides is 1. The van der Waals surface area contributed by atoms with E-state index in [1.165, 1.54) is 12.8 Å². The van der Waals surface area contributed by atoms with Gasteiger partial charge in [-0.25, -0.2) is 0 Å². The molecule has 84 valence electrons. The third-order valence-electron chi connectivity index (χ3n) is 2.74. The summed E-state index contributed by atoms with van der Waals surface area (Å²) in [6.45, 7) is 1.06. The maximum atomic E-state index is 11.5. The minimum atomic E-state index is 0.0855. The first-order valence-electron chi connectivity index (χ1n) is 5.57. The topological polar surface area (TPSA) is 56.1 Å². The lowest BCUT2D eigenvalue weighted by molar-refractivity contribution is -0.122. The molecule has 0 aromatic rings. The molecule has 0 aromatic carbocycles. The van der Waals surface area contributed by atoms with E-state index in [1.807, 2.05) is 11.9 Å². The number of carbonyl (C=O) groups excluding carboxylic acids is 1. The molecule has 1 amide bonds. The van der Waals surface area contributed by atoms with Crippen LogP contribution < -0.4 is 5.32 Å². The molecule has 1 saturated carbocycles. The van der Waals surface area contributed by atoms with Gasteiger partial charge in [0.1, 0.15) is 0 Å². The van der Waals surface area contributed by atoms with Crippen LogP contribution in [0.4, 0.5) is 0 Å². The smallest absolute Gasteiger partial charge is 0.234 e. The molecule has 0 spiro atoms. The average molecular weight is 209 g/mol. The van der Waals surface area contributed by atoms with Crippen molar-refractivity contribution in [2.45, 2.75) is 38.1 Å². The van der Waals surface area contributed by atoms with E-state index in [-0.39, 0.29) is 5.91 Å². The highest BCUT2D eigenvalue weighted by Crippen LogP contribution is 2.17. The largest absolute Gasteiger partial charge is 0.352 e. The molecule has 0 saturated heterocycles. The number of nitrogens with zero attached hydrogens (tertiary/aromatic N) is 2. The average Bonchev–Trinajstić information content (AvgIpc) is 2.67. The maximum Gasteiger partial charge on any atom is 0.234 e. The van der Waals surface area contributed by atoms with Gasteiger partial charge in [-0.1, -0.05) is 12.8 Å². The van der Waals surface area contributed by atoms with Crippen molar-refractivity contribution in [3.8, 4) is 6.07 Å². The van der Waals surface area contributed by atoms with Crippen molar-refractivity contribution in [2.24, 2.45) is 0 Å². The lowest BCUT2D eigenvalue weighted by atomic mass is 10.2. The Morgan fingerprint density at radius 3 is 2.80 bits per heavy atom. The van der Waals surface area contributed by atoms with Crippen molar-refractivity contribution < 1.29 is 4.79 Å². The van der Waals surface area contributed by atoms with Gasteiger partial charge >= 0.3 is 0 Å². The Morgan fingerprint density at radius 2 is 2.20 bits per heavy atom. The van der Waals surface area contributed by atoms with Gasteiger partial charge in [-0.2, -0.15) is 5.26 Å². The van der Waals surface area contributed by atoms with Crippen LogP contribution >= 0.6 is 0 Å². The molecule has 15 heavy (non-hydrogen) atoms. The van der Waals surface area contributed by atoms with E-state index >= 15 is 0 Å². The zero-order valence-corrected chi connectivity index (χ0v) is 9.33. The van der Waals surface area contributed by atoms with Crippen molar-refractivity contribution in [3.05, 3.63) is 0 Å². The Bertz CT molecular complexity index is 241. The van der Waals surface area contributed by atoms with E-state index in [1.54, 1.807) is 0 Å². The zero-order chi connectivity index (χ0) is 11.1. The second-order valence-corrected chi connectivity index (χ2v) is 4.19. The number of rotatable bonds is 5. The number of hydrogen-bond donors (Lipinski definition) is 1. The fourth-order valence-corrected chi connectivity index (χ4v) is 1.91. The molecule has 1 aliphatic rings. The van der Waals surface area contributed by atoms with Gasteiger partial charge in [0.25, 0.3) is 0 Å². The summed E-state index contributed by atoms with van der Waals surface area (Å²) in [6.07, 6.45) is 5.18. The van der Waals surface area contributed by atoms with Crippen molar-refractivity contribution in [1.29, 1.82) is 5.26 Å². The van der Waals surface area contributed by atoms with Gasteiger partial charge in [0, 0.05) is 19.0 Å². The summed E-state index contributed by atoms with van der Waals surface area (Å²) in [4.78, 5) is 13.4. The van der Waals surface area contributed by atoms with E-state index < -0.39 is 0 Å². The number of likely N-dealkylation sites (N-methyl/N-ethyl adjacent to an activating group) is 1. The molecule has 1 fully saturated rings. The molecule has 1 rings (SSSR count). The van der Waals surface area contributed by atoms with Crippen LogP contribution in [0.5, 0.6) is 0 Å². The Kier molecular flexibility index (Phi) is 5.13. The Labute approximate surface area is 91.2 Å². The van der Waals surface area contributed by atoms with Gasteiger partial charge < -0.3 is 5.32 Å². The maximum absolute atomic E-state index is 11.5. The van der Waals surface area contributed by atoms with Gasteiger partial charge in [-0.05, 0) is 19.9 Å². The zero-order valence-electron chi connectivity index (χ0n) is 9.33. The molecular weight excluding hydrogens is 190 g/mol. The van der Waals surface area contributed by atoms with Crippen LogP contribution in [-0.4, -0.2) is 37.0 Å². The third-order valence-corrected chi connectivity index (χ3v) is 2.74. The number of nitriles is 1. The standard InChI is InChI=1S/C11H19N3O/c1-14(8-4-7-12)9-11(15)13-10-5-2-3-6-10/h10H,2-6,8-9H2,1H3,(H,13,15). The molecule has 4 nitrogen and oxygen atoms in total. The lowest BCUT2D eigenvalue weighted by Crippen LogP contribution is -2.40. The Balaban J connectivity index is 2.14. The van der Waals surface area contributed by atoms with Gasteiger partial charge in [0.05, 0.1) is 12.6 Å². The molecule has 0 bridgehead atoms. The van der Waals surface area contributed by atoms with Gasteiger partial charge in [0.15, 0.2) is 0 Å². The minimum absolute atomic E-state index is 0.0855. The van der Waals surface area contributed by atoms with E-state index in [9.17, 15) is 4.79 Å². The molecule has 0 heterocycles. The Hall–Kier alpha value is -1.08. The lowest BCUT2D eigenvalue weighted by Gasteiger charge is -2.17. The van der Waals surface area contributed by atoms with E-state index in [0.29, 0.717) is 25.6 Å². The molecule has 0 aromatic heterocycles. The summed E-state index contributed by atoms with van der Waals surface area (Å²) in [6, 6.07) is 2.46. The highest BCUT2D eigenvalue weighted by Gasteiger charge is 2.17. The summed E-state index contributed by atoms with van der Waals surface area (Å²) in [5, 5.41) is 11.4. The summed E-state index contributed by atoms with van der Waals surface area (Å²) < 4.78 is 0. The first-order chi connectivity index (χ1) is 7.22. The Morgan fingerprint density at radius 1 is 1.53 bits per heavy atom. The van der Waals surface area contributed by atoms with E-state index in [0.717, 1.165) is 12.8 Å². The number of carbonyl (C=O) groups is 1. The summed E-state index contributed by atoms with van der Waals surface area (Å²) in [5.74, 6) is 0.0855. The van der Waals surface area contributed by atoms with Crippen LogP contribution in [0.15, 0.2) is 0 Å². The van der Waals surface area contributed by atoms with Crippen LogP contribution in [0, 0.1) is 11.3 Å². The summed E-state index contributed by atoms with van der Waals surface area (Å²) >= 11 is 0. The first-order valence-corrected chi connectivity index (χ1v) is 5.57. The molecule has 0 unspecified atom stereocenters. The van der Waals surface area contributed by atoms with E-state index in [2.05, 4.69) is 11.4 Å². The second-order valence-electron chi connectivity index (χ2n) is 4.19. The molecular formula is C11H19N3O. The third kappa shape index (κ3) is 4.80. The predicted octanol–water partition coefficient (Wildman–Crippen LogP) is 0.891. The normalized spacial score (nSPS) is 16.6. The van der Waals surface area contributed by atoms with E-state index in [4.69, 9.17) is 5.26 Å².